The Morgan fingerprint density at radius 3 is 2.93 bits per heavy atom. The third-order valence-electron chi connectivity index (χ3n) is 1.93. The van der Waals surface area contributed by atoms with E-state index in [-0.39, 0.29) is 6.04 Å². The molecule has 0 spiro atoms. The molecule has 1 N–H and O–H groups in total. The van der Waals surface area contributed by atoms with Gasteiger partial charge in [0.1, 0.15) is 10.0 Å². The van der Waals surface area contributed by atoms with Crippen molar-refractivity contribution < 1.29 is 0 Å². The van der Waals surface area contributed by atoms with Crippen molar-refractivity contribution in [2.75, 3.05) is 5.32 Å². The molecule has 0 saturated heterocycles. The van der Waals surface area contributed by atoms with Crippen LogP contribution in [0.25, 0.3) is 0 Å². The fourth-order valence-corrected chi connectivity index (χ4v) is 2.56. The Morgan fingerprint density at radius 2 is 2.33 bits per heavy atom. The molecular weight excluding hydrogens is 228 g/mol. The molecule has 0 amide bonds. The Morgan fingerprint density at radius 1 is 1.47 bits per heavy atom. The van der Waals surface area contributed by atoms with Crippen LogP contribution in [0.4, 0.5) is 5.13 Å². The van der Waals surface area contributed by atoms with Crippen LogP contribution in [0.15, 0.2) is 11.6 Å². The number of aryl methyl sites for hydroxylation is 1. The van der Waals surface area contributed by atoms with Crippen molar-refractivity contribution in [2.45, 2.75) is 26.3 Å². The van der Waals surface area contributed by atoms with E-state index in [4.69, 9.17) is 0 Å². The van der Waals surface area contributed by atoms with E-state index in [0.717, 1.165) is 21.6 Å². The van der Waals surface area contributed by atoms with Gasteiger partial charge in [0.25, 0.3) is 0 Å². The summed E-state index contributed by atoms with van der Waals surface area (Å²) in [5.74, 6) is 0. The molecule has 0 bridgehead atoms. The predicted octanol–water partition coefficient (Wildman–Crippen LogP) is 2.73. The largest absolute Gasteiger partial charge is 0.351 e. The number of anilines is 1. The maximum Gasteiger partial charge on any atom is 0.206 e. The number of nitrogens with one attached hydrogen (secondary N) is 1. The second-order valence-electron chi connectivity index (χ2n) is 3.09. The second kappa shape index (κ2) is 4.67. The average molecular weight is 240 g/mol. The molecule has 0 aromatic carbocycles. The maximum atomic E-state index is 4.25. The molecule has 2 heterocycles. The molecule has 0 saturated carbocycles. The Kier molecular flexibility index (Phi) is 3.27. The van der Waals surface area contributed by atoms with Crippen molar-refractivity contribution in [2.24, 2.45) is 0 Å². The zero-order valence-electron chi connectivity index (χ0n) is 8.60. The summed E-state index contributed by atoms with van der Waals surface area (Å²) in [4.78, 5) is 4.25. The quantitative estimate of drug-likeness (QED) is 0.892. The van der Waals surface area contributed by atoms with Crippen LogP contribution in [-0.4, -0.2) is 15.2 Å². The molecule has 0 fully saturated rings. The lowest BCUT2D eigenvalue weighted by atomic mass is 10.4. The van der Waals surface area contributed by atoms with Gasteiger partial charge in [0, 0.05) is 11.6 Å². The number of hydrogen-bond donors (Lipinski definition) is 1. The van der Waals surface area contributed by atoms with E-state index in [1.54, 1.807) is 22.7 Å². The Hall–Kier alpha value is -1.01. The van der Waals surface area contributed by atoms with Crippen LogP contribution in [0.1, 0.15) is 29.9 Å². The van der Waals surface area contributed by atoms with Crippen molar-refractivity contribution in [3.63, 3.8) is 0 Å². The molecule has 1 atom stereocenters. The molecule has 0 aliphatic carbocycles. The number of aromatic nitrogens is 3. The molecule has 15 heavy (non-hydrogen) atoms. The fraction of sp³-hybridized carbons (Fsp3) is 0.444. The lowest BCUT2D eigenvalue weighted by Gasteiger charge is -2.08. The van der Waals surface area contributed by atoms with Crippen molar-refractivity contribution in [1.82, 2.24) is 15.2 Å². The third-order valence-corrected chi connectivity index (χ3v) is 3.89. The van der Waals surface area contributed by atoms with E-state index in [0.29, 0.717) is 0 Å². The topological polar surface area (TPSA) is 50.7 Å². The van der Waals surface area contributed by atoms with Crippen molar-refractivity contribution in [1.29, 1.82) is 0 Å². The average Bonchev–Trinajstić information content (AvgIpc) is 2.87. The number of nitrogens with zero attached hydrogens (tertiary/aromatic N) is 3. The van der Waals surface area contributed by atoms with E-state index in [1.165, 1.54) is 0 Å². The summed E-state index contributed by atoms with van der Waals surface area (Å²) in [6.07, 6.45) is 2.75. The summed E-state index contributed by atoms with van der Waals surface area (Å²) in [6.45, 7) is 4.15. The highest BCUT2D eigenvalue weighted by Crippen LogP contribution is 2.23. The van der Waals surface area contributed by atoms with Crippen LogP contribution >= 0.6 is 22.7 Å². The molecular formula is C9H12N4S2. The molecule has 2 aromatic rings. The van der Waals surface area contributed by atoms with Crippen molar-refractivity contribution in [3.05, 3.63) is 21.6 Å². The summed E-state index contributed by atoms with van der Waals surface area (Å²) < 4.78 is 0. The zero-order chi connectivity index (χ0) is 10.7. The molecule has 2 aromatic heterocycles. The first-order valence-corrected chi connectivity index (χ1v) is 6.47. The number of thiazole rings is 1. The van der Waals surface area contributed by atoms with Gasteiger partial charge in [-0.3, -0.25) is 0 Å². The second-order valence-corrected chi connectivity index (χ2v) is 5.08. The summed E-state index contributed by atoms with van der Waals surface area (Å²) in [5.41, 5.74) is 0. The van der Waals surface area contributed by atoms with Gasteiger partial charge in [0.05, 0.1) is 6.04 Å². The molecule has 80 valence electrons. The summed E-state index contributed by atoms with van der Waals surface area (Å²) in [7, 11) is 0. The van der Waals surface area contributed by atoms with E-state index in [2.05, 4.69) is 34.3 Å². The summed E-state index contributed by atoms with van der Waals surface area (Å²) in [6, 6.07) is 0.197. The van der Waals surface area contributed by atoms with E-state index >= 15 is 0 Å². The van der Waals surface area contributed by atoms with Crippen molar-refractivity contribution in [3.8, 4) is 0 Å². The normalized spacial score (nSPS) is 12.7. The minimum absolute atomic E-state index is 0.197. The molecule has 2 rings (SSSR count). The van der Waals surface area contributed by atoms with Crippen LogP contribution in [0.5, 0.6) is 0 Å². The van der Waals surface area contributed by atoms with Gasteiger partial charge in [-0.25, -0.2) is 4.98 Å². The maximum absolute atomic E-state index is 4.25. The number of hydrogen-bond acceptors (Lipinski definition) is 6. The zero-order valence-corrected chi connectivity index (χ0v) is 10.2. The fourth-order valence-electron chi connectivity index (χ4n) is 1.15. The van der Waals surface area contributed by atoms with Gasteiger partial charge in [-0.1, -0.05) is 18.3 Å². The van der Waals surface area contributed by atoms with Crippen LogP contribution in [-0.2, 0) is 6.42 Å². The van der Waals surface area contributed by atoms with Crippen LogP contribution in [0, 0.1) is 0 Å². The molecule has 1 unspecified atom stereocenters. The van der Waals surface area contributed by atoms with Crippen LogP contribution in [0.2, 0.25) is 0 Å². The Bertz CT molecular complexity index is 409. The van der Waals surface area contributed by atoms with Crippen molar-refractivity contribution >= 4 is 27.8 Å². The Balaban J connectivity index is 2.02. The lowest BCUT2D eigenvalue weighted by Crippen LogP contribution is -2.05. The van der Waals surface area contributed by atoms with E-state index in [1.807, 2.05) is 11.6 Å². The van der Waals surface area contributed by atoms with Gasteiger partial charge in [0.15, 0.2) is 0 Å². The lowest BCUT2D eigenvalue weighted by molar-refractivity contribution is 0.857. The van der Waals surface area contributed by atoms with E-state index < -0.39 is 0 Å². The van der Waals surface area contributed by atoms with Gasteiger partial charge >= 0.3 is 0 Å². The molecule has 0 radical (unpaired) electrons. The number of rotatable bonds is 4. The molecule has 6 heteroatoms. The summed E-state index contributed by atoms with van der Waals surface area (Å²) >= 11 is 3.25. The van der Waals surface area contributed by atoms with Gasteiger partial charge in [0.2, 0.25) is 5.13 Å². The first-order chi connectivity index (χ1) is 7.29. The van der Waals surface area contributed by atoms with Gasteiger partial charge in [-0.15, -0.1) is 21.5 Å². The molecule has 0 aliphatic rings. The smallest absolute Gasteiger partial charge is 0.206 e. The van der Waals surface area contributed by atoms with Gasteiger partial charge in [-0.2, -0.15) is 0 Å². The van der Waals surface area contributed by atoms with Crippen LogP contribution in [0.3, 0.4) is 0 Å². The van der Waals surface area contributed by atoms with E-state index in [9.17, 15) is 0 Å². The highest BCUT2D eigenvalue weighted by Gasteiger charge is 2.10. The first kappa shape index (κ1) is 10.5. The third kappa shape index (κ3) is 2.51. The Labute approximate surface area is 96.4 Å². The van der Waals surface area contributed by atoms with Gasteiger partial charge < -0.3 is 5.32 Å². The highest BCUT2D eigenvalue weighted by atomic mass is 32.1. The SMILES string of the molecule is CCc1nnc(NC(C)c2nccs2)s1. The highest BCUT2D eigenvalue weighted by molar-refractivity contribution is 7.15. The predicted molar refractivity (Wildman–Crippen MR) is 63.4 cm³/mol. The van der Waals surface area contributed by atoms with Gasteiger partial charge in [-0.05, 0) is 13.3 Å². The van der Waals surface area contributed by atoms with Crippen LogP contribution < -0.4 is 5.32 Å². The first-order valence-electron chi connectivity index (χ1n) is 4.78. The standard InChI is InChI=1S/C9H12N4S2/c1-3-7-12-13-9(15-7)11-6(2)8-10-4-5-14-8/h4-6H,3H2,1-2H3,(H,11,13). The monoisotopic (exact) mass is 240 g/mol. The molecule has 0 aliphatic heterocycles. The minimum Gasteiger partial charge on any atom is -0.351 e. The molecule has 4 nitrogen and oxygen atoms in total. The summed E-state index contributed by atoms with van der Waals surface area (Å²) in [5, 5.41) is 16.4. The minimum atomic E-state index is 0.197.